The van der Waals surface area contributed by atoms with Crippen molar-refractivity contribution >= 4 is 11.6 Å². The van der Waals surface area contributed by atoms with E-state index in [1.54, 1.807) is 37.4 Å². The van der Waals surface area contributed by atoms with E-state index in [1.165, 1.54) is 10.7 Å². The molecule has 1 heterocycles. The van der Waals surface area contributed by atoms with E-state index < -0.39 is 6.04 Å². The molecule has 6 heteroatoms. The number of nitrogens with one attached hydrogen (secondary N) is 1. The smallest absolute Gasteiger partial charge is 0.267 e. The summed E-state index contributed by atoms with van der Waals surface area (Å²) in [5.74, 6) is 0.342. The molecule has 144 valence electrons. The largest absolute Gasteiger partial charge is 0.497 e. The monoisotopic (exact) mass is 377 g/mol. The third kappa shape index (κ3) is 4.28. The Morgan fingerprint density at radius 3 is 2.57 bits per heavy atom. The zero-order chi connectivity index (χ0) is 20.1. The van der Waals surface area contributed by atoms with Gasteiger partial charge in [0.2, 0.25) is 5.91 Å². The van der Waals surface area contributed by atoms with Gasteiger partial charge in [0.25, 0.3) is 5.56 Å². The average Bonchev–Trinajstić information content (AvgIpc) is 2.70. The standard InChI is InChI=1S/C22H23N3O3/c1-4-20(22(27)23-17-6-5-7-18(14-17)28-3)25-21(26)13-12-19(24-25)16-10-8-15(2)9-11-16/h5-14,20H,4H2,1-3H3,(H,23,27)/t20-/m0/s1. The Bertz CT molecular complexity index is 1030. The van der Waals surface area contributed by atoms with Crippen molar-refractivity contribution < 1.29 is 9.53 Å². The minimum absolute atomic E-state index is 0.300. The van der Waals surface area contributed by atoms with E-state index in [0.29, 0.717) is 23.6 Å². The van der Waals surface area contributed by atoms with Crippen molar-refractivity contribution in [2.75, 3.05) is 12.4 Å². The minimum Gasteiger partial charge on any atom is -0.497 e. The highest BCUT2D eigenvalue weighted by Gasteiger charge is 2.21. The second-order valence-electron chi connectivity index (χ2n) is 6.51. The van der Waals surface area contributed by atoms with E-state index in [2.05, 4.69) is 10.4 Å². The summed E-state index contributed by atoms with van der Waals surface area (Å²) in [6.07, 6.45) is 0.431. The molecule has 0 fully saturated rings. The lowest BCUT2D eigenvalue weighted by molar-refractivity contribution is -0.119. The number of aryl methyl sites for hydroxylation is 1. The number of carbonyl (C=O) groups is 1. The molecule has 0 saturated carbocycles. The number of methoxy groups -OCH3 is 1. The van der Waals surface area contributed by atoms with Crippen LogP contribution in [0.2, 0.25) is 0 Å². The minimum atomic E-state index is -0.718. The molecule has 28 heavy (non-hydrogen) atoms. The van der Waals surface area contributed by atoms with Gasteiger partial charge in [-0.1, -0.05) is 42.8 Å². The van der Waals surface area contributed by atoms with Gasteiger partial charge in [0, 0.05) is 23.4 Å². The van der Waals surface area contributed by atoms with Crippen molar-refractivity contribution in [3.63, 3.8) is 0 Å². The van der Waals surface area contributed by atoms with Crippen LogP contribution in [0.4, 0.5) is 5.69 Å². The van der Waals surface area contributed by atoms with Crippen LogP contribution < -0.4 is 15.6 Å². The molecule has 1 atom stereocenters. The van der Waals surface area contributed by atoms with Crippen LogP contribution in [0.5, 0.6) is 5.75 Å². The summed E-state index contributed by atoms with van der Waals surface area (Å²) in [5, 5.41) is 7.30. The van der Waals surface area contributed by atoms with Gasteiger partial charge in [-0.25, -0.2) is 4.68 Å². The fourth-order valence-electron chi connectivity index (χ4n) is 2.92. The second-order valence-corrected chi connectivity index (χ2v) is 6.51. The molecule has 3 rings (SSSR count). The number of carbonyl (C=O) groups excluding carboxylic acids is 1. The van der Waals surface area contributed by atoms with E-state index in [0.717, 1.165) is 11.1 Å². The molecule has 0 aliphatic rings. The molecule has 0 radical (unpaired) electrons. The summed E-state index contributed by atoms with van der Waals surface area (Å²) in [4.78, 5) is 25.3. The molecular formula is C22H23N3O3. The first kappa shape index (κ1) is 19.4. The number of rotatable bonds is 6. The highest BCUT2D eigenvalue weighted by Crippen LogP contribution is 2.20. The van der Waals surface area contributed by atoms with Crippen LogP contribution in [0.3, 0.4) is 0 Å². The summed E-state index contributed by atoms with van der Waals surface area (Å²) >= 11 is 0. The predicted octanol–water partition coefficient (Wildman–Crippen LogP) is 3.82. The Hall–Kier alpha value is -3.41. The maximum atomic E-state index is 12.8. The second kappa shape index (κ2) is 8.52. The number of hydrogen-bond acceptors (Lipinski definition) is 4. The fraction of sp³-hybridized carbons (Fsp3) is 0.227. The SMILES string of the molecule is CC[C@@H](C(=O)Nc1cccc(OC)c1)n1nc(-c2ccc(C)cc2)ccc1=O. The zero-order valence-electron chi connectivity index (χ0n) is 16.2. The van der Waals surface area contributed by atoms with Crippen LogP contribution in [0.1, 0.15) is 24.9 Å². The lowest BCUT2D eigenvalue weighted by Crippen LogP contribution is -2.34. The Kier molecular flexibility index (Phi) is 5.89. The van der Waals surface area contributed by atoms with Crippen LogP contribution in [0.15, 0.2) is 65.5 Å². The number of aromatic nitrogens is 2. The lowest BCUT2D eigenvalue weighted by atomic mass is 10.1. The van der Waals surface area contributed by atoms with Crippen molar-refractivity contribution in [3.8, 4) is 17.0 Å². The highest BCUT2D eigenvalue weighted by atomic mass is 16.5. The summed E-state index contributed by atoms with van der Waals surface area (Å²) in [6, 6.07) is 17.4. The fourth-order valence-corrected chi connectivity index (χ4v) is 2.92. The van der Waals surface area contributed by atoms with Crippen LogP contribution in [-0.2, 0) is 4.79 Å². The Morgan fingerprint density at radius 2 is 1.89 bits per heavy atom. The van der Waals surface area contributed by atoms with Gasteiger partial charge in [0.05, 0.1) is 12.8 Å². The number of ether oxygens (including phenoxy) is 1. The van der Waals surface area contributed by atoms with E-state index in [9.17, 15) is 9.59 Å². The van der Waals surface area contributed by atoms with Gasteiger partial charge in [-0.3, -0.25) is 9.59 Å². The first-order chi connectivity index (χ1) is 13.5. The molecule has 0 saturated heterocycles. The molecule has 0 aliphatic heterocycles. The van der Waals surface area contributed by atoms with Gasteiger partial charge in [0.15, 0.2) is 0 Å². The summed E-state index contributed by atoms with van der Waals surface area (Å²) < 4.78 is 6.44. The lowest BCUT2D eigenvalue weighted by Gasteiger charge is -2.18. The van der Waals surface area contributed by atoms with E-state index >= 15 is 0 Å². The van der Waals surface area contributed by atoms with Crippen LogP contribution in [-0.4, -0.2) is 22.8 Å². The Labute approximate surface area is 163 Å². The summed E-state index contributed by atoms with van der Waals surface area (Å²) in [6.45, 7) is 3.86. The third-order valence-corrected chi connectivity index (χ3v) is 4.49. The van der Waals surface area contributed by atoms with E-state index in [1.807, 2.05) is 38.1 Å². The summed E-state index contributed by atoms with van der Waals surface area (Å²) in [7, 11) is 1.57. The molecule has 0 spiro atoms. The third-order valence-electron chi connectivity index (χ3n) is 4.49. The molecule has 0 bridgehead atoms. The molecule has 6 nitrogen and oxygen atoms in total. The normalized spacial score (nSPS) is 11.7. The number of anilines is 1. The molecule has 1 aromatic heterocycles. The van der Waals surface area contributed by atoms with Gasteiger partial charge in [-0.05, 0) is 31.5 Å². The number of benzene rings is 2. The van der Waals surface area contributed by atoms with Crippen LogP contribution in [0, 0.1) is 6.92 Å². The first-order valence-electron chi connectivity index (χ1n) is 9.13. The quantitative estimate of drug-likeness (QED) is 0.709. The van der Waals surface area contributed by atoms with Crippen molar-refractivity contribution in [1.29, 1.82) is 0 Å². The topological polar surface area (TPSA) is 73.2 Å². The Balaban J connectivity index is 1.90. The maximum absolute atomic E-state index is 12.8. The molecular weight excluding hydrogens is 354 g/mol. The van der Waals surface area contributed by atoms with Crippen molar-refractivity contribution in [2.24, 2.45) is 0 Å². The molecule has 3 aromatic rings. The predicted molar refractivity (Wildman–Crippen MR) is 110 cm³/mol. The van der Waals surface area contributed by atoms with Gasteiger partial charge in [-0.2, -0.15) is 5.10 Å². The molecule has 1 N–H and O–H groups in total. The average molecular weight is 377 g/mol. The zero-order valence-corrected chi connectivity index (χ0v) is 16.2. The van der Waals surface area contributed by atoms with Crippen LogP contribution >= 0.6 is 0 Å². The number of hydrogen-bond donors (Lipinski definition) is 1. The number of amides is 1. The van der Waals surface area contributed by atoms with Gasteiger partial charge in [0.1, 0.15) is 11.8 Å². The molecule has 1 amide bonds. The van der Waals surface area contributed by atoms with Gasteiger partial charge >= 0.3 is 0 Å². The van der Waals surface area contributed by atoms with Gasteiger partial charge < -0.3 is 10.1 Å². The van der Waals surface area contributed by atoms with E-state index in [-0.39, 0.29) is 11.5 Å². The molecule has 0 aliphatic carbocycles. The first-order valence-corrected chi connectivity index (χ1v) is 9.13. The number of nitrogens with zero attached hydrogens (tertiary/aromatic N) is 2. The van der Waals surface area contributed by atoms with Gasteiger partial charge in [-0.15, -0.1) is 0 Å². The van der Waals surface area contributed by atoms with E-state index in [4.69, 9.17) is 4.74 Å². The van der Waals surface area contributed by atoms with Crippen molar-refractivity contribution in [2.45, 2.75) is 26.3 Å². The maximum Gasteiger partial charge on any atom is 0.267 e. The molecule has 0 unspecified atom stereocenters. The Morgan fingerprint density at radius 1 is 1.14 bits per heavy atom. The highest BCUT2D eigenvalue weighted by molar-refractivity contribution is 5.93. The molecule has 2 aromatic carbocycles. The van der Waals surface area contributed by atoms with Crippen molar-refractivity contribution in [1.82, 2.24) is 9.78 Å². The van der Waals surface area contributed by atoms with Crippen LogP contribution in [0.25, 0.3) is 11.3 Å². The van der Waals surface area contributed by atoms with Crippen molar-refractivity contribution in [3.05, 3.63) is 76.6 Å². The summed E-state index contributed by atoms with van der Waals surface area (Å²) in [5.41, 5.74) is 2.96.